The van der Waals surface area contributed by atoms with Crippen LogP contribution in [0.1, 0.15) is 52.7 Å². The van der Waals surface area contributed by atoms with Gasteiger partial charge in [-0.3, -0.25) is 0 Å². The summed E-state index contributed by atoms with van der Waals surface area (Å²) in [7, 11) is 0. The molecule has 2 heterocycles. The van der Waals surface area contributed by atoms with Crippen LogP contribution < -0.4 is 4.90 Å². The Balaban J connectivity index is 1.20. The van der Waals surface area contributed by atoms with E-state index in [9.17, 15) is 0 Å². The van der Waals surface area contributed by atoms with Crippen LogP contribution in [0.2, 0.25) is 0 Å². The van der Waals surface area contributed by atoms with E-state index in [2.05, 4.69) is 216 Å². The molecule has 0 aliphatic heterocycles. The zero-order valence-corrected chi connectivity index (χ0v) is 36.7. The van der Waals surface area contributed by atoms with Gasteiger partial charge in [0.25, 0.3) is 0 Å². The van der Waals surface area contributed by atoms with Crippen molar-refractivity contribution in [3.8, 4) is 33.4 Å². The zero-order chi connectivity index (χ0) is 43.0. The molecule has 3 nitrogen and oxygen atoms in total. The fourth-order valence-electron chi connectivity index (χ4n) is 9.49. The number of para-hydroxylation sites is 4. The SMILES string of the molecule is CC(C)(C)c1cc(-c2cccc3cccc(-c4ccccc4N(c4ccccc4-c4ccc5oc6ccccc6c5c4)c4cccc5oc6ccccc6c45)c23)cc(C(C)(C)C)c1. The van der Waals surface area contributed by atoms with Crippen LogP contribution >= 0.6 is 0 Å². The number of anilines is 3. The highest BCUT2D eigenvalue weighted by molar-refractivity contribution is 6.16. The van der Waals surface area contributed by atoms with Gasteiger partial charge in [-0.25, -0.2) is 0 Å². The van der Waals surface area contributed by atoms with E-state index in [0.29, 0.717) is 0 Å². The largest absolute Gasteiger partial charge is 0.456 e. The van der Waals surface area contributed by atoms with E-state index in [4.69, 9.17) is 8.83 Å². The molecule has 0 saturated heterocycles. The van der Waals surface area contributed by atoms with E-state index in [1.165, 1.54) is 38.6 Å². The first-order valence-electron chi connectivity index (χ1n) is 22.0. The average Bonchev–Trinajstić information content (AvgIpc) is 3.87. The zero-order valence-electron chi connectivity index (χ0n) is 36.7. The van der Waals surface area contributed by atoms with Gasteiger partial charge in [0.05, 0.1) is 22.4 Å². The van der Waals surface area contributed by atoms with Gasteiger partial charge in [0.15, 0.2) is 0 Å². The second-order valence-electron chi connectivity index (χ2n) is 18.9. The Morgan fingerprint density at radius 3 is 1.56 bits per heavy atom. The predicted molar refractivity (Wildman–Crippen MR) is 267 cm³/mol. The van der Waals surface area contributed by atoms with Crippen LogP contribution in [0.25, 0.3) is 88.0 Å². The molecule has 0 radical (unpaired) electrons. The second-order valence-corrected chi connectivity index (χ2v) is 18.9. The van der Waals surface area contributed by atoms with Gasteiger partial charge in [-0.05, 0) is 104 Å². The maximum atomic E-state index is 6.58. The van der Waals surface area contributed by atoms with Crippen molar-refractivity contribution in [2.75, 3.05) is 4.90 Å². The lowest BCUT2D eigenvalue weighted by Crippen LogP contribution is -2.16. The van der Waals surface area contributed by atoms with Gasteiger partial charge < -0.3 is 13.7 Å². The third-order valence-electron chi connectivity index (χ3n) is 12.8. The summed E-state index contributed by atoms with van der Waals surface area (Å²) in [6.07, 6.45) is 0. The van der Waals surface area contributed by atoms with Gasteiger partial charge in [0.1, 0.15) is 22.3 Å². The van der Waals surface area contributed by atoms with Crippen LogP contribution in [0, 0.1) is 0 Å². The minimum absolute atomic E-state index is 0.0164. The molecular weight excluding hydrogens is 767 g/mol. The molecule has 0 spiro atoms. The molecule has 3 heteroatoms. The van der Waals surface area contributed by atoms with Crippen molar-refractivity contribution in [3.05, 3.63) is 199 Å². The summed E-state index contributed by atoms with van der Waals surface area (Å²) >= 11 is 0. The lowest BCUT2D eigenvalue weighted by Gasteiger charge is -2.31. The van der Waals surface area contributed by atoms with Gasteiger partial charge in [-0.15, -0.1) is 0 Å². The topological polar surface area (TPSA) is 29.5 Å². The third-order valence-corrected chi connectivity index (χ3v) is 12.8. The Kier molecular flexibility index (Phi) is 8.96. The van der Waals surface area contributed by atoms with Gasteiger partial charge in [0.2, 0.25) is 0 Å². The number of hydrogen-bond acceptors (Lipinski definition) is 3. The molecule has 2 aromatic heterocycles. The number of benzene rings is 9. The highest BCUT2D eigenvalue weighted by atomic mass is 16.3. The van der Waals surface area contributed by atoms with E-state index in [-0.39, 0.29) is 10.8 Å². The number of hydrogen-bond donors (Lipinski definition) is 0. The van der Waals surface area contributed by atoms with Crippen LogP contribution in [-0.4, -0.2) is 0 Å². The maximum absolute atomic E-state index is 6.58. The summed E-state index contributed by atoms with van der Waals surface area (Å²) in [5.41, 5.74) is 16.3. The van der Waals surface area contributed by atoms with Crippen molar-refractivity contribution in [3.63, 3.8) is 0 Å². The lowest BCUT2D eigenvalue weighted by atomic mass is 9.78. The molecule has 306 valence electrons. The highest BCUT2D eigenvalue weighted by Crippen LogP contribution is 2.50. The fourth-order valence-corrected chi connectivity index (χ4v) is 9.49. The first kappa shape index (κ1) is 38.6. The Morgan fingerprint density at radius 2 is 0.841 bits per heavy atom. The Labute approximate surface area is 368 Å². The standard InChI is InChI=1S/C60H49NO2/c1-59(2,3)41-34-40(35-42(37-41)60(4,5)6)44-24-15-18-38-19-16-25-47(57(38)44)45-21-8-12-27-51(45)61(52-28-17-31-56-58(52)48-23-10-14-30-54(48)63-56)50-26-11-7-20-43(50)39-32-33-55-49(36-39)46-22-9-13-29-53(46)62-55/h7-37H,1-6H3. The van der Waals surface area contributed by atoms with E-state index in [1.807, 2.05) is 18.2 Å². The van der Waals surface area contributed by atoms with Crippen LogP contribution in [0.15, 0.2) is 197 Å². The van der Waals surface area contributed by atoms with Crippen LogP contribution in [0.4, 0.5) is 17.1 Å². The summed E-state index contributed by atoms with van der Waals surface area (Å²) in [6, 6.07) is 68.2. The second kappa shape index (κ2) is 14.6. The summed E-state index contributed by atoms with van der Waals surface area (Å²) in [6.45, 7) is 13.9. The number of nitrogens with zero attached hydrogens (tertiary/aromatic N) is 1. The minimum Gasteiger partial charge on any atom is -0.456 e. The number of fused-ring (bicyclic) bond motifs is 7. The molecule has 63 heavy (non-hydrogen) atoms. The Bertz CT molecular complexity index is 3510. The van der Waals surface area contributed by atoms with Crippen LogP contribution in [0.5, 0.6) is 0 Å². The van der Waals surface area contributed by atoms with E-state index >= 15 is 0 Å². The van der Waals surface area contributed by atoms with Gasteiger partial charge in [0, 0.05) is 27.3 Å². The van der Waals surface area contributed by atoms with Gasteiger partial charge in [-0.1, -0.05) is 181 Å². The van der Waals surface area contributed by atoms with Crippen molar-refractivity contribution in [1.82, 2.24) is 0 Å². The minimum atomic E-state index is -0.0164. The normalized spacial score (nSPS) is 12.3. The van der Waals surface area contributed by atoms with Crippen molar-refractivity contribution in [1.29, 1.82) is 0 Å². The number of rotatable bonds is 6. The summed E-state index contributed by atoms with van der Waals surface area (Å²) in [5, 5.41) is 6.79. The van der Waals surface area contributed by atoms with Crippen LogP contribution in [-0.2, 0) is 10.8 Å². The molecule has 11 aromatic rings. The van der Waals surface area contributed by atoms with Gasteiger partial charge >= 0.3 is 0 Å². The molecule has 9 aromatic carbocycles. The van der Waals surface area contributed by atoms with Crippen LogP contribution in [0.3, 0.4) is 0 Å². The molecule has 0 unspecified atom stereocenters. The molecular formula is C60H49NO2. The molecule has 0 amide bonds. The van der Waals surface area contributed by atoms with E-state index < -0.39 is 0 Å². The van der Waals surface area contributed by atoms with Crippen molar-refractivity contribution in [2.45, 2.75) is 52.4 Å². The average molecular weight is 816 g/mol. The summed E-state index contributed by atoms with van der Waals surface area (Å²) in [5.74, 6) is 0. The fraction of sp³-hybridized carbons (Fsp3) is 0.133. The van der Waals surface area contributed by atoms with E-state index in [0.717, 1.165) is 77.6 Å². The van der Waals surface area contributed by atoms with Crippen molar-refractivity contribution < 1.29 is 8.83 Å². The molecule has 0 saturated carbocycles. The molecule has 0 atom stereocenters. The molecule has 0 aliphatic carbocycles. The first-order chi connectivity index (χ1) is 30.5. The maximum Gasteiger partial charge on any atom is 0.137 e. The van der Waals surface area contributed by atoms with Gasteiger partial charge in [-0.2, -0.15) is 0 Å². The lowest BCUT2D eigenvalue weighted by molar-refractivity contribution is 0.569. The summed E-state index contributed by atoms with van der Waals surface area (Å²) in [4.78, 5) is 2.46. The smallest absolute Gasteiger partial charge is 0.137 e. The highest BCUT2D eigenvalue weighted by Gasteiger charge is 2.26. The predicted octanol–water partition coefficient (Wildman–Crippen LogP) is 17.7. The Morgan fingerprint density at radius 1 is 0.333 bits per heavy atom. The molecule has 11 rings (SSSR count). The molecule has 0 fully saturated rings. The Hall–Kier alpha value is -7.36. The number of furan rings is 2. The van der Waals surface area contributed by atoms with E-state index in [1.54, 1.807) is 0 Å². The molecule has 0 aliphatic rings. The molecule has 0 N–H and O–H groups in total. The monoisotopic (exact) mass is 815 g/mol. The third kappa shape index (κ3) is 6.58. The van der Waals surface area contributed by atoms with Crippen molar-refractivity contribution in [2.24, 2.45) is 0 Å². The quantitative estimate of drug-likeness (QED) is 0.167. The van der Waals surface area contributed by atoms with Crippen molar-refractivity contribution >= 4 is 71.7 Å². The first-order valence-corrected chi connectivity index (χ1v) is 22.0. The summed E-state index contributed by atoms with van der Waals surface area (Å²) < 4.78 is 12.9. The molecule has 0 bridgehead atoms.